The van der Waals surface area contributed by atoms with Gasteiger partial charge in [0, 0.05) is 121 Å². The molecule has 84 heavy (non-hydrogen) atoms. The molecule has 4 heterocycles. The van der Waals surface area contributed by atoms with Crippen molar-refractivity contribution in [1.29, 1.82) is 0 Å². The number of ether oxygens (including phenoxy) is 6. The summed E-state index contributed by atoms with van der Waals surface area (Å²) in [6.45, 7) is 14.2. The van der Waals surface area contributed by atoms with Crippen LogP contribution in [0.5, 0.6) is 11.5 Å². The molecule has 3 aromatic carbocycles. The number of hydrazine groups is 2. The number of amides is 5. The van der Waals surface area contributed by atoms with Crippen molar-refractivity contribution in [3.63, 3.8) is 0 Å². The third-order valence-electron chi connectivity index (χ3n) is 14.6. The van der Waals surface area contributed by atoms with Gasteiger partial charge in [-0.15, -0.1) is 23.1 Å². The number of hydrogen-bond donors (Lipinski definition) is 6. The van der Waals surface area contributed by atoms with Gasteiger partial charge in [0.15, 0.2) is 6.04 Å². The summed E-state index contributed by atoms with van der Waals surface area (Å²) in [7, 11) is 5.81. The first kappa shape index (κ1) is 66.1. The molecule has 0 aliphatic carbocycles. The molecule has 0 saturated carbocycles. The zero-order valence-corrected chi connectivity index (χ0v) is 51.2. The van der Waals surface area contributed by atoms with Crippen LogP contribution in [0.2, 0.25) is 0 Å². The summed E-state index contributed by atoms with van der Waals surface area (Å²) in [5.74, 6) is 2.04. The van der Waals surface area contributed by atoms with Gasteiger partial charge in [-0.1, -0.05) is 42.5 Å². The van der Waals surface area contributed by atoms with Crippen LogP contribution in [-0.2, 0) is 46.3 Å². The van der Waals surface area contributed by atoms with E-state index in [2.05, 4.69) is 66.1 Å². The number of carbonyl (C=O) groups excluding carboxylic acids is 4. The Labute approximate surface area is 504 Å². The van der Waals surface area contributed by atoms with E-state index in [0.717, 1.165) is 99.3 Å². The topological polar surface area (TPSA) is 225 Å². The average Bonchev–Trinajstić information content (AvgIpc) is 4.46. The maximum Gasteiger partial charge on any atom is 0.321 e. The van der Waals surface area contributed by atoms with Gasteiger partial charge in [-0.05, 0) is 107 Å². The van der Waals surface area contributed by atoms with Gasteiger partial charge in [-0.25, -0.2) is 20.2 Å². The van der Waals surface area contributed by atoms with E-state index in [9.17, 15) is 19.2 Å². The SMILES string of the molecule is COCCCN(C(=O)CCc1ccc(OCCCCN(C)CCOCCOCCC2CN(CCOCCOc3ccc(NC(=O)NC4NC(CC(=O)N5CCN(C)CC5)CS4)cc3)NN2)cc1)C(C(=O)NCc1ccccc1)c1csc(C)n1. The third kappa shape index (κ3) is 24.1. The quantitative estimate of drug-likeness (QED) is 0.0329. The lowest BCUT2D eigenvalue weighted by atomic mass is 10.1. The summed E-state index contributed by atoms with van der Waals surface area (Å²) in [5.41, 5.74) is 9.51. The monoisotopic (exact) mass is 1200 g/mol. The molecule has 1 aromatic heterocycles. The van der Waals surface area contributed by atoms with Crippen LogP contribution in [0.3, 0.4) is 0 Å². The summed E-state index contributed by atoms with van der Waals surface area (Å²) in [6, 6.07) is 24.0. The van der Waals surface area contributed by atoms with E-state index >= 15 is 0 Å². The molecule has 22 nitrogen and oxygen atoms in total. The van der Waals surface area contributed by atoms with Gasteiger partial charge in [0.1, 0.15) is 23.6 Å². The Morgan fingerprint density at radius 3 is 2.25 bits per heavy atom. The molecule has 3 saturated heterocycles. The number of unbranched alkanes of at least 4 members (excludes halogenated alkanes) is 1. The number of aromatic nitrogens is 1. The van der Waals surface area contributed by atoms with E-state index in [4.69, 9.17) is 28.4 Å². The van der Waals surface area contributed by atoms with Gasteiger partial charge in [0.05, 0.1) is 50.3 Å². The zero-order valence-electron chi connectivity index (χ0n) is 49.6. The van der Waals surface area contributed by atoms with Crippen molar-refractivity contribution in [3.05, 3.63) is 106 Å². The van der Waals surface area contributed by atoms with Gasteiger partial charge in [-0.2, -0.15) is 5.53 Å². The van der Waals surface area contributed by atoms with Gasteiger partial charge in [0.2, 0.25) is 17.7 Å². The first-order chi connectivity index (χ1) is 41.0. The maximum absolute atomic E-state index is 13.9. The number of thioether (sulfide) groups is 1. The number of likely N-dealkylation sites (N-methyl/N-ethyl adjacent to an activating group) is 2. The van der Waals surface area contributed by atoms with Crippen LogP contribution in [0.15, 0.2) is 84.2 Å². The Hall–Kier alpha value is -5.48. The number of aryl methyl sites for hydroxylation is 2. The van der Waals surface area contributed by atoms with Crippen molar-refractivity contribution in [1.82, 2.24) is 56.5 Å². The van der Waals surface area contributed by atoms with Crippen LogP contribution in [0.25, 0.3) is 0 Å². The molecule has 0 bridgehead atoms. The minimum absolute atomic E-state index is 0.0275. The highest BCUT2D eigenvalue weighted by atomic mass is 32.2. The minimum atomic E-state index is -0.845. The molecule has 24 heteroatoms. The number of anilines is 1. The van der Waals surface area contributed by atoms with Crippen molar-refractivity contribution in [2.45, 2.75) is 82.0 Å². The molecule has 462 valence electrons. The van der Waals surface area contributed by atoms with Crippen LogP contribution in [0, 0.1) is 6.92 Å². The average molecular weight is 1200 g/mol. The number of benzene rings is 3. The number of nitrogens with zero attached hydrogens (tertiary/aromatic N) is 6. The standard InChI is InChI=1S/C60H90N12O10S2/c1-46-62-54(45-83-46)57(58(75)61-42-48-11-6-5-7-12-48)72(25-10-32-77-4)55(73)22-15-47-13-18-52(19-14-47)81-33-9-8-24-68(2)30-35-79-38-37-78-34-23-50-43-71(67-66-50)31-36-80-39-40-82-53-20-16-49(17-21-53)63-59(76)65-60-64-51(44-84-60)41-56(74)70-28-26-69(3)27-29-70/h5-7,11-14,16-21,45,50-51,57,60,64,66-67H,8-10,15,22-44H2,1-4H3,(H,61,75)(H2,63,65,76). The highest BCUT2D eigenvalue weighted by Crippen LogP contribution is 2.26. The first-order valence-electron chi connectivity index (χ1n) is 29.5. The molecule has 7 rings (SSSR count). The van der Waals surface area contributed by atoms with E-state index in [1.165, 1.54) is 11.3 Å². The normalized spacial score (nSPS) is 17.8. The zero-order chi connectivity index (χ0) is 59.1. The van der Waals surface area contributed by atoms with Crippen molar-refractivity contribution in [2.24, 2.45) is 0 Å². The summed E-state index contributed by atoms with van der Waals surface area (Å²) in [4.78, 5) is 65.9. The molecule has 3 aliphatic rings. The molecule has 0 radical (unpaired) electrons. The second kappa shape index (κ2) is 37.2. The highest BCUT2D eigenvalue weighted by Gasteiger charge is 2.33. The molecule has 6 N–H and O–H groups in total. The lowest BCUT2D eigenvalue weighted by Crippen LogP contribution is -2.49. The third-order valence-corrected chi connectivity index (χ3v) is 16.6. The molecule has 4 atom stereocenters. The van der Waals surface area contributed by atoms with Gasteiger partial charge < -0.3 is 64.0 Å². The number of urea groups is 1. The van der Waals surface area contributed by atoms with Gasteiger partial charge in [-0.3, -0.25) is 19.7 Å². The number of methoxy groups -OCH3 is 1. The van der Waals surface area contributed by atoms with Crippen LogP contribution in [-0.4, -0.2) is 216 Å². The summed E-state index contributed by atoms with van der Waals surface area (Å²) in [6.07, 6.45) is 4.60. The predicted molar refractivity (Wildman–Crippen MR) is 328 cm³/mol. The molecular weight excluding hydrogens is 1110 g/mol. The van der Waals surface area contributed by atoms with Crippen molar-refractivity contribution in [3.8, 4) is 11.5 Å². The van der Waals surface area contributed by atoms with Crippen molar-refractivity contribution in [2.75, 3.05) is 151 Å². The number of rotatable bonds is 38. The second-order valence-electron chi connectivity index (χ2n) is 21.3. The summed E-state index contributed by atoms with van der Waals surface area (Å²) in [5, 5.41) is 17.0. The summed E-state index contributed by atoms with van der Waals surface area (Å²) >= 11 is 3.06. The Balaban J connectivity index is 0.645. The fourth-order valence-corrected chi connectivity index (χ4v) is 11.4. The van der Waals surface area contributed by atoms with Crippen LogP contribution in [0.1, 0.15) is 66.4 Å². The smallest absolute Gasteiger partial charge is 0.321 e. The largest absolute Gasteiger partial charge is 0.494 e. The van der Waals surface area contributed by atoms with E-state index in [1.807, 2.05) is 83.9 Å². The number of carbonyl (C=O) groups is 4. The minimum Gasteiger partial charge on any atom is -0.494 e. The molecule has 4 unspecified atom stereocenters. The fraction of sp³-hybridized carbons (Fsp3) is 0.583. The molecule has 5 amide bonds. The highest BCUT2D eigenvalue weighted by molar-refractivity contribution is 8.00. The maximum atomic E-state index is 13.9. The van der Waals surface area contributed by atoms with Gasteiger partial charge >= 0.3 is 6.03 Å². The number of thiazole rings is 1. The second-order valence-corrected chi connectivity index (χ2v) is 23.5. The first-order valence-corrected chi connectivity index (χ1v) is 31.5. The molecule has 4 aromatic rings. The van der Waals surface area contributed by atoms with Crippen LogP contribution in [0.4, 0.5) is 10.5 Å². The van der Waals surface area contributed by atoms with Crippen molar-refractivity contribution >= 4 is 52.5 Å². The van der Waals surface area contributed by atoms with Gasteiger partial charge in [0.25, 0.3) is 0 Å². The number of piperazine rings is 1. The van der Waals surface area contributed by atoms with E-state index in [0.29, 0.717) is 109 Å². The lowest BCUT2D eigenvalue weighted by molar-refractivity contribution is -0.141. The predicted octanol–water partition coefficient (Wildman–Crippen LogP) is 4.88. The van der Waals surface area contributed by atoms with E-state index < -0.39 is 6.04 Å². The van der Waals surface area contributed by atoms with Crippen molar-refractivity contribution < 1.29 is 47.6 Å². The lowest BCUT2D eigenvalue weighted by Gasteiger charge is -2.33. The van der Waals surface area contributed by atoms with Crippen LogP contribution >= 0.6 is 23.1 Å². The Morgan fingerprint density at radius 1 is 0.774 bits per heavy atom. The molecule has 3 fully saturated rings. The van der Waals surface area contributed by atoms with E-state index in [1.54, 1.807) is 35.9 Å². The molecule has 3 aliphatic heterocycles. The number of hydrogen-bond acceptors (Lipinski definition) is 19. The van der Waals surface area contributed by atoms with Crippen LogP contribution < -0.4 is 41.7 Å². The van der Waals surface area contributed by atoms with E-state index in [-0.39, 0.29) is 47.8 Å². The fourth-order valence-electron chi connectivity index (χ4n) is 9.69. The molecular formula is C60H90N12O10S2. The number of nitrogens with one attached hydrogen (secondary N) is 6. The Bertz CT molecular complexity index is 2530. The summed E-state index contributed by atoms with van der Waals surface area (Å²) < 4.78 is 34.7. The Kier molecular flexibility index (Phi) is 29.2. The Morgan fingerprint density at radius 2 is 1.50 bits per heavy atom. The molecule has 0 spiro atoms.